The summed E-state index contributed by atoms with van der Waals surface area (Å²) in [6.45, 7) is 5.61. The highest BCUT2D eigenvalue weighted by Crippen LogP contribution is 2.12. The number of ether oxygens (including phenoxy) is 1. The summed E-state index contributed by atoms with van der Waals surface area (Å²) in [6.07, 6.45) is 0.321. The first-order valence-corrected chi connectivity index (χ1v) is 5.39. The number of esters is 1. The van der Waals surface area contributed by atoms with Crippen molar-refractivity contribution < 1.29 is 9.53 Å². The zero-order chi connectivity index (χ0) is 12.2. The van der Waals surface area contributed by atoms with E-state index >= 15 is 0 Å². The Morgan fingerprint density at radius 3 is 2.25 bits per heavy atom. The molecular formula is C13H19NO2. The molecule has 0 radical (unpaired) electrons. The van der Waals surface area contributed by atoms with Crippen LogP contribution in [0.2, 0.25) is 0 Å². The zero-order valence-electron chi connectivity index (χ0n) is 10.3. The van der Waals surface area contributed by atoms with Crippen molar-refractivity contribution in [1.29, 1.82) is 0 Å². The first-order chi connectivity index (χ1) is 7.40. The number of hydrogen-bond donors (Lipinski definition) is 1. The van der Waals surface area contributed by atoms with Gasteiger partial charge in [-0.05, 0) is 38.5 Å². The van der Waals surface area contributed by atoms with Gasteiger partial charge in [-0.25, -0.2) is 0 Å². The predicted molar refractivity (Wildman–Crippen MR) is 65.5 cm³/mol. The molecule has 3 nitrogen and oxygen atoms in total. The Morgan fingerprint density at radius 2 is 1.81 bits per heavy atom. The van der Waals surface area contributed by atoms with Gasteiger partial charge in [0.15, 0.2) is 0 Å². The Balaban J connectivity index is 2.56. The number of carbonyl (C=O) groups excluding carboxylic acids is 1. The molecule has 0 aliphatic rings. The lowest BCUT2D eigenvalue weighted by molar-refractivity contribution is -0.153. The Labute approximate surface area is 96.8 Å². The molecule has 0 bridgehead atoms. The van der Waals surface area contributed by atoms with Crippen LogP contribution >= 0.6 is 0 Å². The van der Waals surface area contributed by atoms with Gasteiger partial charge in [-0.1, -0.05) is 12.1 Å². The topological polar surface area (TPSA) is 38.3 Å². The van der Waals surface area contributed by atoms with Gasteiger partial charge in [-0.3, -0.25) is 4.79 Å². The Kier molecular flexibility index (Phi) is 3.93. The van der Waals surface area contributed by atoms with Gasteiger partial charge in [-0.15, -0.1) is 0 Å². The molecule has 0 spiro atoms. The first kappa shape index (κ1) is 12.6. The number of rotatable bonds is 3. The third-order valence-corrected chi connectivity index (χ3v) is 2.01. The van der Waals surface area contributed by atoms with Crippen molar-refractivity contribution >= 4 is 11.7 Å². The number of nitrogens with one attached hydrogen (secondary N) is 1. The minimum atomic E-state index is -0.415. The van der Waals surface area contributed by atoms with Crippen molar-refractivity contribution in [2.75, 3.05) is 12.4 Å². The largest absolute Gasteiger partial charge is 0.460 e. The molecule has 1 aromatic carbocycles. The van der Waals surface area contributed by atoms with Crippen LogP contribution in [0.1, 0.15) is 26.3 Å². The van der Waals surface area contributed by atoms with Gasteiger partial charge in [0.1, 0.15) is 5.60 Å². The van der Waals surface area contributed by atoms with E-state index in [2.05, 4.69) is 5.32 Å². The monoisotopic (exact) mass is 221 g/mol. The molecule has 16 heavy (non-hydrogen) atoms. The number of anilines is 1. The lowest BCUT2D eigenvalue weighted by Crippen LogP contribution is -2.24. The van der Waals surface area contributed by atoms with Gasteiger partial charge in [0.2, 0.25) is 0 Å². The normalized spacial score (nSPS) is 11.0. The minimum absolute atomic E-state index is 0.190. The van der Waals surface area contributed by atoms with E-state index in [-0.39, 0.29) is 5.97 Å². The van der Waals surface area contributed by atoms with Crippen LogP contribution in [0.3, 0.4) is 0 Å². The highest BCUT2D eigenvalue weighted by atomic mass is 16.6. The molecule has 0 aliphatic heterocycles. The molecule has 1 aromatic rings. The lowest BCUT2D eigenvalue weighted by atomic mass is 10.1. The van der Waals surface area contributed by atoms with Crippen LogP contribution < -0.4 is 5.32 Å². The van der Waals surface area contributed by atoms with Crippen molar-refractivity contribution in [1.82, 2.24) is 0 Å². The van der Waals surface area contributed by atoms with Crippen molar-refractivity contribution in [3.63, 3.8) is 0 Å². The summed E-state index contributed by atoms with van der Waals surface area (Å²) in [4.78, 5) is 11.5. The Bertz CT molecular complexity index is 349. The Morgan fingerprint density at radius 1 is 1.25 bits per heavy atom. The van der Waals surface area contributed by atoms with E-state index in [1.807, 2.05) is 52.1 Å². The zero-order valence-corrected chi connectivity index (χ0v) is 10.3. The van der Waals surface area contributed by atoms with E-state index < -0.39 is 5.60 Å². The molecular weight excluding hydrogens is 202 g/mol. The molecule has 1 rings (SSSR count). The van der Waals surface area contributed by atoms with Crippen LogP contribution in [0.15, 0.2) is 24.3 Å². The van der Waals surface area contributed by atoms with E-state index in [0.717, 1.165) is 11.3 Å². The van der Waals surface area contributed by atoms with Crippen molar-refractivity contribution in [3.8, 4) is 0 Å². The highest BCUT2D eigenvalue weighted by Gasteiger charge is 2.16. The van der Waals surface area contributed by atoms with E-state index in [1.54, 1.807) is 0 Å². The number of carbonyl (C=O) groups is 1. The van der Waals surface area contributed by atoms with Crippen molar-refractivity contribution in [3.05, 3.63) is 29.8 Å². The summed E-state index contributed by atoms with van der Waals surface area (Å²) in [5, 5.41) is 3.03. The first-order valence-electron chi connectivity index (χ1n) is 5.39. The van der Waals surface area contributed by atoms with E-state index in [1.165, 1.54) is 0 Å². The summed E-state index contributed by atoms with van der Waals surface area (Å²) in [7, 11) is 1.86. The smallest absolute Gasteiger partial charge is 0.310 e. The fourth-order valence-corrected chi connectivity index (χ4v) is 1.33. The van der Waals surface area contributed by atoms with Crippen molar-refractivity contribution in [2.45, 2.75) is 32.8 Å². The second-order valence-corrected chi connectivity index (χ2v) is 4.71. The molecule has 0 saturated carbocycles. The maximum Gasteiger partial charge on any atom is 0.310 e. The van der Waals surface area contributed by atoms with Gasteiger partial charge in [0.25, 0.3) is 0 Å². The van der Waals surface area contributed by atoms with E-state index in [9.17, 15) is 4.79 Å². The van der Waals surface area contributed by atoms with Crippen LogP contribution in [0.5, 0.6) is 0 Å². The summed E-state index contributed by atoms with van der Waals surface area (Å²) < 4.78 is 5.24. The molecule has 1 N–H and O–H groups in total. The van der Waals surface area contributed by atoms with E-state index in [4.69, 9.17) is 4.74 Å². The van der Waals surface area contributed by atoms with Crippen LogP contribution in [0, 0.1) is 0 Å². The van der Waals surface area contributed by atoms with Crippen LogP contribution in [-0.4, -0.2) is 18.6 Å². The van der Waals surface area contributed by atoms with E-state index in [0.29, 0.717) is 6.42 Å². The molecule has 0 saturated heterocycles. The predicted octanol–water partition coefficient (Wildman–Crippen LogP) is 2.61. The Hall–Kier alpha value is -1.51. The summed E-state index contributed by atoms with van der Waals surface area (Å²) in [5.41, 5.74) is 1.59. The second kappa shape index (κ2) is 5.01. The summed E-state index contributed by atoms with van der Waals surface area (Å²) in [6, 6.07) is 7.74. The summed E-state index contributed by atoms with van der Waals surface area (Å²) in [5.74, 6) is -0.190. The van der Waals surface area contributed by atoms with Crippen LogP contribution in [-0.2, 0) is 16.0 Å². The second-order valence-electron chi connectivity index (χ2n) is 4.71. The van der Waals surface area contributed by atoms with Gasteiger partial charge in [-0.2, -0.15) is 0 Å². The SMILES string of the molecule is CNc1ccc(CC(=O)OC(C)(C)C)cc1. The molecule has 0 amide bonds. The molecule has 3 heteroatoms. The molecule has 0 heterocycles. The molecule has 0 aromatic heterocycles. The maximum absolute atomic E-state index is 11.5. The average Bonchev–Trinajstić information content (AvgIpc) is 2.16. The van der Waals surface area contributed by atoms with Gasteiger partial charge in [0, 0.05) is 12.7 Å². The molecule has 0 fully saturated rings. The lowest BCUT2D eigenvalue weighted by Gasteiger charge is -2.19. The number of benzene rings is 1. The minimum Gasteiger partial charge on any atom is -0.460 e. The maximum atomic E-state index is 11.5. The van der Waals surface area contributed by atoms with Crippen molar-refractivity contribution in [2.24, 2.45) is 0 Å². The van der Waals surface area contributed by atoms with Gasteiger partial charge >= 0.3 is 5.97 Å². The molecule has 0 unspecified atom stereocenters. The van der Waals surface area contributed by atoms with Crippen LogP contribution in [0.4, 0.5) is 5.69 Å². The fraction of sp³-hybridized carbons (Fsp3) is 0.462. The average molecular weight is 221 g/mol. The molecule has 0 aliphatic carbocycles. The standard InChI is InChI=1S/C13H19NO2/c1-13(2,3)16-12(15)9-10-5-7-11(14-4)8-6-10/h5-8,14H,9H2,1-4H3. The third-order valence-electron chi connectivity index (χ3n) is 2.01. The molecule has 0 atom stereocenters. The quantitative estimate of drug-likeness (QED) is 0.797. The number of hydrogen-bond acceptors (Lipinski definition) is 3. The third kappa shape index (κ3) is 4.34. The summed E-state index contributed by atoms with van der Waals surface area (Å²) >= 11 is 0. The highest BCUT2D eigenvalue weighted by molar-refractivity contribution is 5.73. The van der Waals surface area contributed by atoms with Gasteiger partial charge < -0.3 is 10.1 Å². The molecule has 88 valence electrons. The van der Waals surface area contributed by atoms with Crippen LogP contribution in [0.25, 0.3) is 0 Å². The van der Waals surface area contributed by atoms with Gasteiger partial charge in [0.05, 0.1) is 6.42 Å². The fourth-order valence-electron chi connectivity index (χ4n) is 1.33.